The van der Waals surface area contributed by atoms with Gasteiger partial charge >= 0.3 is 0 Å². The van der Waals surface area contributed by atoms with Crippen LogP contribution in [-0.2, 0) is 14.3 Å². The van der Waals surface area contributed by atoms with Gasteiger partial charge in [0.15, 0.2) is 6.10 Å². The van der Waals surface area contributed by atoms with Gasteiger partial charge in [-0.15, -0.1) is 0 Å². The highest BCUT2D eigenvalue weighted by Gasteiger charge is 2.38. The largest absolute Gasteiger partial charge is 0.489 e. The van der Waals surface area contributed by atoms with Crippen molar-refractivity contribution in [2.45, 2.75) is 56.1 Å². The molecule has 9 heteroatoms. The number of carbonyl (C=O) groups is 2. The first kappa shape index (κ1) is 24.2. The van der Waals surface area contributed by atoms with Crippen molar-refractivity contribution in [1.82, 2.24) is 5.32 Å². The van der Waals surface area contributed by atoms with Gasteiger partial charge in [-0.05, 0) is 30.9 Å². The molecular formula is C23H32N2O7. The molecular weight excluding hydrogens is 416 g/mol. The van der Waals surface area contributed by atoms with E-state index in [0.29, 0.717) is 17.4 Å². The highest BCUT2D eigenvalue weighted by atomic mass is 16.5. The molecule has 0 spiro atoms. The van der Waals surface area contributed by atoms with E-state index in [1.165, 1.54) is 18.1 Å². The number of nitrogens with one attached hydrogen (secondary N) is 1. The maximum absolute atomic E-state index is 12.8. The number of rotatable bonds is 8. The molecule has 2 aliphatic rings. The number of hydrogen-bond acceptors (Lipinski definition) is 7. The Balaban J connectivity index is 1.62. The zero-order valence-corrected chi connectivity index (χ0v) is 18.4. The molecule has 0 unspecified atom stereocenters. The minimum absolute atomic E-state index is 0.103. The van der Waals surface area contributed by atoms with Crippen molar-refractivity contribution >= 4 is 17.5 Å². The van der Waals surface area contributed by atoms with Crippen LogP contribution in [0.1, 0.15) is 25.7 Å². The Hall–Kier alpha value is -2.46. The predicted octanol–water partition coefficient (Wildman–Crippen LogP) is 0.371. The molecule has 2 amide bonds. The maximum Gasteiger partial charge on any atom is 0.252 e. The number of hydrogen-bond donors (Lipinski definition) is 4. The first-order chi connectivity index (χ1) is 15.3. The Labute approximate surface area is 187 Å². The molecule has 1 heterocycles. The zero-order valence-electron chi connectivity index (χ0n) is 18.4. The van der Waals surface area contributed by atoms with Gasteiger partial charge in [-0.1, -0.05) is 37.1 Å². The van der Waals surface area contributed by atoms with E-state index in [1.54, 1.807) is 31.3 Å². The average molecular weight is 449 g/mol. The minimum atomic E-state index is -1.71. The van der Waals surface area contributed by atoms with Gasteiger partial charge in [0.25, 0.3) is 11.8 Å². The smallest absolute Gasteiger partial charge is 0.252 e. The van der Waals surface area contributed by atoms with Crippen LogP contribution >= 0.6 is 0 Å². The molecule has 3 rings (SSSR count). The van der Waals surface area contributed by atoms with Crippen LogP contribution in [0.5, 0.6) is 5.75 Å². The van der Waals surface area contributed by atoms with Gasteiger partial charge < -0.3 is 35.0 Å². The molecule has 176 valence electrons. The number of allylic oxidation sites excluding steroid dienone is 1. The Morgan fingerprint density at radius 3 is 2.59 bits per heavy atom. The van der Waals surface area contributed by atoms with E-state index in [2.05, 4.69) is 5.32 Å². The van der Waals surface area contributed by atoms with E-state index in [-0.39, 0.29) is 6.61 Å². The number of fused-ring (bicyclic) bond motifs is 1. The number of carbonyl (C=O) groups excluding carboxylic acids is 2. The van der Waals surface area contributed by atoms with Crippen molar-refractivity contribution in [3.63, 3.8) is 0 Å². The van der Waals surface area contributed by atoms with Crippen molar-refractivity contribution in [2.24, 2.45) is 5.92 Å². The Morgan fingerprint density at radius 2 is 1.91 bits per heavy atom. The predicted molar refractivity (Wildman–Crippen MR) is 117 cm³/mol. The Bertz CT molecular complexity index is 824. The second-order valence-corrected chi connectivity index (χ2v) is 8.29. The van der Waals surface area contributed by atoms with Gasteiger partial charge in [-0.3, -0.25) is 9.59 Å². The lowest BCUT2D eigenvalue weighted by molar-refractivity contribution is -0.150. The number of ether oxygens (including phenoxy) is 2. The summed E-state index contributed by atoms with van der Waals surface area (Å²) in [6.45, 7) is -0.103. The summed E-state index contributed by atoms with van der Waals surface area (Å²) >= 11 is 0. The summed E-state index contributed by atoms with van der Waals surface area (Å²) in [6.07, 6.45) is 1.40. The Kier molecular flexibility index (Phi) is 8.25. The standard InChI is InChI=1S/C23H32N2O7/c1-25-16-9-5-6-10-18(16)32-13-15(23(25)30)24-22(29)21(31-2)20(28)19(27)17(26)12-11-14-7-3-4-8-14/h5-6,9-12,14-15,17,19-21,26-28H,3-4,7-8,13H2,1-2H3,(H,24,29)/t15-,17+,19-,20+,21+/m0/s1. The van der Waals surface area contributed by atoms with Crippen molar-refractivity contribution in [2.75, 3.05) is 25.7 Å². The number of methoxy groups -OCH3 is 1. The minimum Gasteiger partial charge on any atom is -0.489 e. The molecule has 5 atom stereocenters. The first-order valence-corrected chi connectivity index (χ1v) is 10.9. The molecule has 1 aromatic rings. The van der Waals surface area contributed by atoms with Crippen LogP contribution in [0.25, 0.3) is 0 Å². The fourth-order valence-electron chi connectivity index (χ4n) is 4.13. The Morgan fingerprint density at radius 1 is 1.22 bits per heavy atom. The van der Waals surface area contributed by atoms with Crippen molar-refractivity contribution in [3.05, 3.63) is 36.4 Å². The highest BCUT2D eigenvalue weighted by molar-refractivity contribution is 6.01. The van der Waals surface area contributed by atoms with Crippen molar-refractivity contribution in [1.29, 1.82) is 0 Å². The molecule has 0 bridgehead atoms. The van der Waals surface area contributed by atoms with Crippen LogP contribution in [0.2, 0.25) is 0 Å². The molecule has 0 aromatic heterocycles. The average Bonchev–Trinajstić information content (AvgIpc) is 3.29. The molecule has 1 aliphatic heterocycles. The normalized spacial score (nSPS) is 23.2. The number of likely N-dealkylation sites (N-methyl/N-ethyl adjacent to an activating group) is 1. The molecule has 0 saturated heterocycles. The van der Waals surface area contributed by atoms with E-state index >= 15 is 0 Å². The van der Waals surface area contributed by atoms with Crippen LogP contribution in [0, 0.1) is 5.92 Å². The summed E-state index contributed by atoms with van der Waals surface area (Å²) in [7, 11) is 2.78. The van der Waals surface area contributed by atoms with Gasteiger partial charge in [0, 0.05) is 14.2 Å². The third kappa shape index (κ3) is 5.47. The zero-order chi connectivity index (χ0) is 23.3. The summed E-state index contributed by atoms with van der Waals surface area (Å²) in [6, 6.07) is 5.99. The molecule has 4 N–H and O–H groups in total. The quantitative estimate of drug-likeness (QED) is 0.423. The van der Waals surface area contributed by atoms with Gasteiger partial charge in [0.05, 0.1) is 5.69 Å². The first-order valence-electron chi connectivity index (χ1n) is 10.9. The molecule has 0 radical (unpaired) electrons. The number of benzene rings is 1. The fourth-order valence-corrected chi connectivity index (χ4v) is 4.13. The SMILES string of the molecule is CO[C@@H](C(=O)N[C@H]1COc2ccccc2N(C)C1=O)[C@H](O)[C@@H](O)[C@H](O)C=CC1CCCC1. The van der Waals surface area contributed by atoms with Crippen LogP contribution in [0.3, 0.4) is 0 Å². The lowest BCUT2D eigenvalue weighted by atomic mass is 9.99. The highest BCUT2D eigenvalue weighted by Crippen LogP contribution is 2.30. The molecule has 1 saturated carbocycles. The van der Waals surface area contributed by atoms with Crippen LogP contribution in [-0.4, -0.2) is 78.4 Å². The summed E-state index contributed by atoms with van der Waals surface area (Å²) in [5.74, 6) is -0.339. The maximum atomic E-state index is 12.8. The number of aliphatic hydroxyl groups excluding tert-OH is 3. The van der Waals surface area contributed by atoms with E-state index in [0.717, 1.165) is 25.7 Å². The third-order valence-corrected chi connectivity index (χ3v) is 6.08. The van der Waals surface area contributed by atoms with Gasteiger partial charge in [0.2, 0.25) is 0 Å². The topological polar surface area (TPSA) is 129 Å². The third-order valence-electron chi connectivity index (χ3n) is 6.08. The monoisotopic (exact) mass is 448 g/mol. The second-order valence-electron chi connectivity index (χ2n) is 8.29. The lowest BCUT2D eigenvalue weighted by Crippen LogP contribution is -2.56. The molecule has 9 nitrogen and oxygen atoms in total. The summed E-state index contributed by atoms with van der Waals surface area (Å²) in [5.41, 5.74) is 0.574. The summed E-state index contributed by atoms with van der Waals surface area (Å²) < 4.78 is 10.8. The molecule has 1 aliphatic carbocycles. The van der Waals surface area contributed by atoms with Crippen LogP contribution in [0.4, 0.5) is 5.69 Å². The molecule has 32 heavy (non-hydrogen) atoms. The second kappa shape index (κ2) is 10.9. The number of anilines is 1. The van der Waals surface area contributed by atoms with E-state index in [9.17, 15) is 24.9 Å². The van der Waals surface area contributed by atoms with E-state index in [1.807, 2.05) is 6.08 Å². The summed E-state index contributed by atoms with van der Waals surface area (Å²) in [5, 5.41) is 33.6. The number of para-hydroxylation sites is 2. The van der Waals surface area contributed by atoms with Crippen molar-refractivity contribution < 1.29 is 34.4 Å². The fraction of sp³-hybridized carbons (Fsp3) is 0.565. The number of nitrogens with zero attached hydrogens (tertiary/aromatic N) is 1. The van der Waals surface area contributed by atoms with E-state index in [4.69, 9.17) is 9.47 Å². The van der Waals surface area contributed by atoms with Gasteiger partial charge in [-0.2, -0.15) is 0 Å². The molecule has 1 aromatic carbocycles. The molecule has 1 fully saturated rings. The van der Waals surface area contributed by atoms with Gasteiger partial charge in [-0.25, -0.2) is 0 Å². The number of amides is 2. The number of aliphatic hydroxyl groups is 3. The van der Waals surface area contributed by atoms with Crippen LogP contribution in [0.15, 0.2) is 36.4 Å². The van der Waals surface area contributed by atoms with Gasteiger partial charge in [0.1, 0.15) is 36.7 Å². The van der Waals surface area contributed by atoms with E-state index < -0.39 is 42.3 Å². The van der Waals surface area contributed by atoms with Crippen LogP contribution < -0.4 is 15.0 Å². The summed E-state index contributed by atoms with van der Waals surface area (Å²) in [4.78, 5) is 27.0. The lowest BCUT2D eigenvalue weighted by Gasteiger charge is -2.28. The van der Waals surface area contributed by atoms with Crippen molar-refractivity contribution in [3.8, 4) is 5.75 Å².